The average Bonchev–Trinajstić information content (AvgIpc) is 3.36. The summed E-state index contributed by atoms with van der Waals surface area (Å²) in [4.78, 5) is 0. The van der Waals surface area contributed by atoms with Crippen molar-refractivity contribution in [3.05, 3.63) is 131 Å². The summed E-state index contributed by atoms with van der Waals surface area (Å²) in [5, 5.41) is 5.34. The minimum Gasteiger partial charge on any atom is -0.0654 e. The lowest BCUT2D eigenvalue weighted by molar-refractivity contribution is 0.401. The monoisotopic (exact) mass is 614 g/mol. The molecule has 0 amide bonds. The summed E-state index contributed by atoms with van der Waals surface area (Å²) < 4.78 is 0. The zero-order chi connectivity index (χ0) is 32.4. The Bertz CT molecular complexity index is 1890. The van der Waals surface area contributed by atoms with E-state index in [1.54, 1.807) is 11.1 Å². The van der Waals surface area contributed by atoms with E-state index in [0.717, 1.165) is 0 Å². The van der Waals surface area contributed by atoms with Gasteiger partial charge in [0.2, 0.25) is 0 Å². The van der Waals surface area contributed by atoms with Crippen LogP contribution in [0.5, 0.6) is 0 Å². The van der Waals surface area contributed by atoms with E-state index in [1.165, 1.54) is 130 Å². The SMILES string of the molecule is CCCCCCC1(CCCCCC)c2cc(-c3cc(C)cc4ccccc34)ccc2-c2ccc(-c3cc(C)cc4ccccc34)cc21. The molecule has 0 saturated heterocycles. The average molecular weight is 615 g/mol. The van der Waals surface area contributed by atoms with Gasteiger partial charge in [0.25, 0.3) is 0 Å². The molecule has 0 atom stereocenters. The van der Waals surface area contributed by atoms with Crippen LogP contribution in [0.4, 0.5) is 0 Å². The van der Waals surface area contributed by atoms with Crippen LogP contribution in [0.2, 0.25) is 0 Å². The Hall–Kier alpha value is -4.16. The molecule has 0 aromatic heterocycles. The van der Waals surface area contributed by atoms with E-state index in [4.69, 9.17) is 0 Å². The number of benzene rings is 6. The van der Waals surface area contributed by atoms with Crippen LogP contribution < -0.4 is 0 Å². The standard InChI is InChI=1S/C47H50/c1-5-7-9-15-25-47(26-16-10-8-6-2)45-31-37(43-29-33(3)27-35-17-11-13-19-39(35)43)21-23-41(45)42-24-22-38(32-46(42)47)44-30-34(4)28-36-18-12-14-20-40(36)44/h11-14,17-24,27-32H,5-10,15-16,25-26H2,1-4H3. The molecule has 238 valence electrons. The predicted octanol–water partition coefficient (Wildman–Crippen LogP) is 14.2. The number of hydrogen-bond donors (Lipinski definition) is 0. The number of unbranched alkanes of at least 4 members (excludes halogenated alkanes) is 6. The Labute approximate surface area is 282 Å². The van der Waals surface area contributed by atoms with Crippen molar-refractivity contribution in [3.8, 4) is 33.4 Å². The molecular weight excluding hydrogens is 565 g/mol. The van der Waals surface area contributed by atoms with E-state index in [-0.39, 0.29) is 5.41 Å². The molecule has 0 fully saturated rings. The normalized spacial score (nSPS) is 13.3. The summed E-state index contributed by atoms with van der Waals surface area (Å²) in [6.07, 6.45) is 12.8. The van der Waals surface area contributed by atoms with Crippen LogP contribution in [0.25, 0.3) is 54.9 Å². The van der Waals surface area contributed by atoms with Crippen molar-refractivity contribution in [1.82, 2.24) is 0 Å². The minimum absolute atomic E-state index is 0.0252. The lowest BCUT2D eigenvalue weighted by Gasteiger charge is -2.33. The van der Waals surface area contributed by atoms with Crippen molar-refractivity contribution < 1.29 is 0 Å². The summed E-state index contributed by atoms with van der Waals surface area (Å²) in [5.74, 6) is 0. The highest BCUT2D eigenvalue weighted by molar-refractivity contribution is 6.00. The van der Waals surface area contributed by atoms with Gasteiger partial charge in [0.15, 0.2) is 0 Å². The van der Waals surface area contributed by atoms with Gasteiger partial charge >= 0.3 is 0 Å². The molecule has 0 nitrogen and oxygen atoms in total. The third-order valence-corrected chi connectivity index (χ3v) is 10.9. The first-order chi connectivity index (χ1) is 23.0. The first-order valence-electron chi connectivity index (χ1n) is 18.3. The summed E-state index contributed by atoms with van der Waals surface area (Å²) in [6, 6.07) is 42.2. The molecule has 0 unspecified atom stereocenters. The molecule has 6 aromatic rings. The second-order valence-corrected chi connectivity index (χ2v) is 14.3. The van der Waals surface area contributed by atoms with E-state index < -0.39 is 0 Å². The lowest BCUT2D eigenvalue weighted by atomic mass is 9.70. The first-order valence-corrected chi connectivity index (χ1v) is 18.3. The van der Waals surface area contributed by atoms with Crippen molar-refractivity contribution in [2.45, 2.75) is 97.3 Å². The summed E-state index contributed by atoms with van der Waals surface area (Å²) >= 11 is 0. The van der Waals surface area contributed by atoms with Gasteiger partial charge in [0.05, 0.1) is 0 Å². The van der Waals surface area contributed by atoms with Gasteiger partial charge in [-0.05, 0) is 116 Å². The third-order valence-electron chi connectivity index (χ3n) is 10.9. The van der Waals surface area contributed by atoms with Gasteiger partial charge in [0.1, 0.15) is 0 Å². The van der Waals surface area contributed by atoms with Crippen molar-refractivity contribution in [3.63, 3.8) is 0 Å². The fraction of sp³-hybridized carbons (Fsp3) is 0.319. The van der Waals surface area contributed by atoms with Gasteiger partial charge in [-0.3, -0.25) is 0 Å². The number of rotatable bonds is 12. The van der Waals surface area contributed by atoms with Gasteiger partial charge in [-0.2, -0.15) is 0 Å². The smallest absolute Gasteiger partial charge is 0.0215 e. The van der Waals surface area contributed by atoms with Crippen LogP contribution in [-0.2, 0) is 5.41 Å². The summed E-state index contributed by atoms with van der Waals surface area (Å²) in [7, 11) is 0. The quantitative estimate of drug-likeness (QED) is 0.120. The Balaban J connectivity index is 1.43. The van der Waals surface area contributed by atoms with Crippen LogP contribution >= 0.6 is 0 Å². The van der Waals surface area contributed by atoms with Crippen LogP contribution in [0.1, 0.15) is 100 Å². The molecule has 1 aliphatic carbocycles. The zero-order valence-electron chi connectivity index (χ0n) is 29.0. The molecular formula is C47H50. The topological polar surface area (TPSA) is 0 Å². The first kappa shape index (κ1) is 31.4. The molecule has 6 aromatic carbocycles. The Kier molecular flexibility index (Phi) is 9.05. The van der Waals surface area contributed by atoms with Crippen LogP contribution in [0.15, 0.2) is 109 Å². The molecule has 0 heteroatoms. The van der Waals surface area contributed by atoms with E-state index in [1.807, 2.05) is 0 Å². The highest BCUT2D eigenvalue weighted by Crippen LogP contribution is 2.56. The van der Waals surface area contributed by atoms with Gasteiger partial charge in [-0.25, -0.2) is 0 Å². The second kappa shape index (κ2) is 13.5. The zero-order valence-corrected chi connectivity index (χ0v) is 29.0. The molecule has 0 N–H and O–H groups in total. The molecule has 0 heterocycles. The van der Waals surface area contributed by atoms with Crippen LogP contribution in [0, 0.1) is 13.8 Å². The van der Waals surface area contributed by atoms with Gasteiger partial charge in [0, 0.05) is 5.41 Å². The second-order valence-electron chi connectivity index (χ2n) is 14.3. The molecule has 47 heavy (non-hydrogen) atoms. The van der Waals surface area contributed by atoms with E-state index >= 15 is 0 Å². The lowest BCUT2D eigenvalue weighted by Crippen LogP contribution is -2.25. The predicted molar refractivity (Wildman–Crippen MR) is 206 cm³/mol. The molecule has 7 rings (SSSR count). The maximum absolute atomic E-state index is 2.61. The van der Waals surface area contributed by atoms with Gasteiger partial charge in [-0.1, -0.05) is 162 Å². The van der Waals surface area contributed by atoms with Crippen LogP contribution in [-0.4, -0.2) is 0 Å². The highest BCUT2D eigenvalue weighted by atomic mass is 14.5. The van der Waals surface area contributed by atoms with E-state index in [2.05, 4.69) is 137 Å². The highest BCUT2D eigenvalue weighted by Gasteiger charge is 2.42. The molecule has 0 spiro atoms. The van der Waals surface area contributed by atoms with E-state index in [0.29, 0.717) is 0 Å². The van der Waals surface area contributed by atoms with E-state index in [9.17, 15) is 0 Å². The number of aryl methyl sites for hydroxylation is 2. The Morgan fingerprint density at radius 3 is 1.32 bits per heavy atom. The molecule has 0 radical (unpaired) electrons. The Morgan fingerprint density at radius 2 is 0.872 bits per heavy atom. The number of fused-ring (bicyclic) bond motifs is 5. The third kappa shape index (κ3) is 5.93. The molecule has 0 bridgehead atoms. The number of hydrogen-bond acceptors (Lipinski definition) is 0. The maximum atomic E-state index is 2.61. The van der Waals surface area contributed by atoms with Gasteiger partial charge < -0.3 is 0 Å². The molecule has 0 saturated carbocycles. The maximum Gasteiger partial charge on any atom is 0.0215 e. The molecule has 0 aliphatic heterocycles. The fourth-order valence-corrected chi connectivity index (χ4v) is 8.60. The fourth-order valence-electron chi connectivity index (χ4n) is 8.60. The largest absolute Gasteiger partial charge is 0.0654 e. The van der Waals surface area contributed by atoms with Crippen molar-refractivity contribution in [2.75, 3.05) is 0 Å². The summed E-state index contributed by atoms with van der Waals surface area (Å²) in [5.41, 5.74) is 14.1. The summed E-state index contributed by atoms with van der Waals surface area (Å²) in [6.45, 7) is 9.14. The van der Waals surface area contributed by atoms with Crippen LogP contribution in [0.3, 0.4) is 0 Å². The van der Waals surface area contributed by atoms with Gasteiger partial charge in [-0.15, -0.1) is 0 Å². The minimum atomic E-state index is 0.0252. The Morgan fingerprint density at radius 1 is 0.426 bits per heavy atom. The van der Waals surface area contributed by atoms with Crippen molar-refractivity contribution in [2.24, 2.45) is 0 Å². The molecule has 1 aliphatic rings. The van der Waals surface area contributed by atoms with Crippen molar-refractivity contribution >= 4 is 21.5 Å². The van der Waals surface area contributed by atoms with Crippen molar-refractivity contribution in [1.29, 1.82) is 0 Å².